The van der Waals surface area contributed by atoms with Gasteiger partial charge in [0.15, 0.2) is 0 Å². The first-order valence-electron chi connectivity index (χ1n) is 1.18. The Hall–Kier alpha value is 2.37. The average Bonchev–Trinajstić information content (AvgIpc) is 1.35. The quantitative estimate of drug-likeness (QED) is 0.339. The van der Waals surface area contributed by atoms with Gasteiger partial charge in [0.1, 0.15) is 10.5 Å². The largest absolute Gasteiger partial charge is 0.399 e. The minimum absolute atomic E-state index is 0.0134. The van der Waals surface area contributed by atoms with E-state index in [1.807, 2.05) is 0 Å². The van der Waals surface area contributed by atoms with E-state index in [1.165, 1.54) is 0 Å². The van der Waals surface area contributed by atoms with Gasteiger partial charge in [-0.3, -0.25) is 0 Å². The summed E-state index contributed by atoms with van der Waals surface area (Å²) in [7, 11) is 0.825. The fourth-order valence-corrected chi connectivity index (χ4v) is 0. The first-order valence-corrected chi connectivity index (χ1v) is 5.23. The molecule has 0 bridgehead atoms. The molecule has 0 rings (SSSR count). The van der Waals surface area contributed by atoms with Gasteiger partial charge < -0.3 is 4.43 Å². The van der Waals surface area contributed by atoms with Crippen LogP contribution in [0.4, 0.5) is 0 Å². The number of alkyl halides is 3. The smallest absolute Gasteiger partial charge is 0.210 e. The molecule has 0 aromatic rings. The Labute approximate surface area is 80.9 Å². The zero-order valence-corrected chi connectivity index (χ0v) is 11.5. The molecule has 0 saturated carbocycles. The number of hydrogen-bond acceptors (Lipinski definition) is 1. The van der Waals surface area contributed by atoms with Crippen molar-refractivity contribution < 1.29 is 4.43 Å². The molecule has 38 valence electrons. The van der Waals surface area contributed by atoms with Crippen molar-refractivity contribution in [1.82, 2.24) is 0 Å². The normalized spacial score (nSPS) is 12.5. The van der Waals surface area contributed by atoms with Crippen molar-refractivity contribution in [2.45, 2.75) is -0.379 Å². The SMILES string of the molecule is [SiH3]OC(I)(I)I. The van der Waals surface area contributed by atoms with Gasteiger partial charge in [-0.15, -0.1) is 0 Å². The number of halogens is 3. The van der Waals surface area contributed by atoms with Crippen molar-refractivity contribution in [3.05, 3.63) is 0 Å². The highest BCUT2D eigenvalue weighted by Crippen LogP contribution is 2.35. The zero-order chi connectivity index (χ0) is 5.21. The van der Waals surface area contributed by atoms with Crippen LogP contribution in [0.5, 0.6) is 0 Å². The molecule has 0 aliphatic rings. The number of hydrogen-bond donors (Lipinski definition) is 0. The average molecular weight is 440 g/mol. The summed E-state index contributed by atoms with van der Waals surface area (Å²) in [5, 5.41) is 0. The summed E-state index contributed by atoms with van der Waals surface area (Å²) in [4.78, 5) is 0. The zero-order valence-electron chi connectivity index (χ0n) is 3.04. The second-order valence-electron chi connectivity index (χ2n) is 0.650. The molecule has 1 nitrogen and oxygen atoms in total. The van der Waals surface area contributed by atoms with Gasteiger partial charge in [-0.1, -0.05) is 0 Å². The molecular weight excluding hydrogens is 437 g/mol. The van der Waals surface area contributed by atoms with E-state index < -0.39 is 0 Å². The predicted octanol–water partition coefficient (Wildman–Crippen LogP) is 1.20. The van der Waals surface area contributed by atoms with Crippen molar-refractivity contribution in [1.29, 1.82) is 0 Å². The minimum atomic E-state index is 0.0134. The molecule has 0 fully saturated rings. The Morgan fingerprint density at radius 2 is 1.50 bits per heavy atom. The monoisotopic (exact) mass is 440 g/mol. The molecule has 0 aromatic carbocycles. The Balaban J connectivity index is 3.17. The third-order valence-corrected chi connectivity index (χ3v) is 4.66. The molecule has 0 aliphatic heterocycles. The highest BCUT2D eigenvalue weighted by molar-refractivity contribution is 14.3. The lowest BCUT2D eigenvalue weighted by atomic mass is 11.7. The summed E-state index contributed by atoms with van der Waals surface area (Å²) in [5.41, 5.74) is 0. The Kier molecular flexibility index (Phi) is 4.75. The second-order valence-corrected chi connectivity index (χ2v) is 11.8. The van der Waals surface area contributed by atoms with Crippen LogP contribution in [-0.4, -0.2) is 10.1 Å². The lowest BCUT2D eigenvalue weighted by molar-refractivity contribution is 0.420. The van der Waals surface area contributed by atoms with E-state index in [2.05, 4.69) is 67.8 Å². The maximum atomic E-state index is 5.04. The van der Waals surface area contributed by atoms with Crippen LogP contribution >= 0.6 is 67.8 Å². The van der Waals surface area contributed by atoms with Gasteiger partial charge in [0, 0.05) is 0 Å². The Bertz CT molecular complexity index is 40.5. The van der Waals surface area contributed by atoms with E-state index >= 15 is 0 Å². The molecule has 5 heteroatoms. The summed E-state index contributed by atoms with van der Waals surface area (Å²) < 4.78 is 5.05. The predicted molar refractivity (Wildman–Crippen MR) is 55.8 cm³/mol. The minimum Gasteiger partial charge on any atom is -0.399 e. The highest BCUT2D eigenvalue weighted by Gasteiger charge is 2.12. The van der Waals surface area contributed by atoms with Crippen LogP contribution in [0.15, 0.2) is 0 Å². The van der Waals surface area contributed by atoms with Gasteiger partial charge in [0.05, 0.1) is 0 Å². The van der Waals surface area contributed by atoms with Crippen molar-refractivity contribution in [2.75, 3.05) is 0 Å². The van der Waals surface area contributed by atoms with E-state index in [0.717, 1.165) is 10.5 Å². The molecule has 0 saturated heterocycles. The third kappa shape index (κ3) is 6.37. The first-order chi connectivity index (χ1) is 2.56. The van der Waals surface area contributed by atoms with E-state index in [1.54, 1.807) is 0 Å². The molecule has 0 N–H and O–H groups in total. The van der Waals surface area contributed by atoms with Crippen LogP contribution in [-0.2, 0) is 4.43 Å². The van der Waals surface area contributed by atoms with Gasteiger partial charge in [-0.2, -0.15) is 0 Å². The van der Waals surface area contributed by atoms with Gasteiger partial charge in [0.2, 0.25) is -0.379 Å². The van der Waals surface area contributed by atoms with Gasteiger partial charge in [-0.25, -0.2) is 0 Å². The maximum absolute atomic E-state index is 5.04. The van der Waals surface area contributed by atoms with Crippen LogP contribution in [0.25, 0.3) is 0 Å². The van der Waals surface area contributed by atoms with Gasteiger partial charge >= 0.3 is 0 Å². The van der Waals surface area contributed by atoms with E-state index in [4.69, 9.17) is 4.43 Å². The van der Waals surface area contributed by atoms with E-state index in [-0.39, 0.29) is -0.379 Å². The molecule has 0 atom stereocenters. The van der Waals surface area contributed by atoms with Crippen molar-refractivity contribution in [3.63, 3.8) is 0 Å². The maximum Gasteiger partial charge on any atom is 0.210 e. The Morgan fingerprint density at radius 3 is 1.50 bits per heavy atom. The van der Waals surface area contributed by atoms with Crippen LogP contribution < -0.4 is 0 Å². The summed E-state index contributed by atoms with van der Waals surface area (Å²) in [6, 6.07) is 0. The molecule has 0 heterocycles. The van der Waals surface area contributed by atoms with Crippen molar-refractivity contribution in [2.24, 2.45) is 0 Å². The van der Waals surface area contributed by atoms with Crippen molar-refractivity contribution >= 4 is 78.3 Å². The van der Waals surface area contributed by atoms with Crippen LogP contribution in [0.2, 0.25) is 0 Å². The number of rotatable bonds is 1. The molecule has 6 heavy (non-hydrogen) atoms. The fraction of sp³-hybridized carbons (Fsp3) is 1.00. The molecule has 0 aromatic heterocycles. The van der Waals surface area contributed by atoms with Crippen LogP contribution in [0.3, 0.4) is 0 Å². The van der Waals surface area contributed by atoms with Gasteiger partial charge in [0.25, 0.3) is 0 Å². The molecule has 0 aliphatic carbocycles. The highest BCUT2D eigenvalue weighted by atomic mass is 127. The molecule has 0 spiro atoms. The molecule has 0 amide bonds. The molecule has 0 radical (unpaired) electrons. The van der Waals surface area contributed by atoms with E-state index in [9.17, 15) is 0 Å². The van der Waals surface area contributed by atoms with Crippen molar-refractivity contribution in [3.8, 4) is 0 Å². The summed E-state index contributed by atoms with van der Waals surface area (Å²) in [6.07, 6.45) is 0. The van der Waals surface area contributed by atoms with E-state index in [0.29, 0.717) is 0 Å². The summed E-state index contributed by atoms with van der Waals surface area (Å²) >= 11 is 6.68. The lowest BCUT2D eigenvalue weighted by Gasteiger charge is -2.07. The fourth-order valence-electron chi connectivity index (χ4n) is 0. The Morgan fingerprint density at radius 1 is 1.33 bits per heavy atom. The third-order valence-electron chi connectivity index (χ3n) is 0.231. The second kappa shape index (κ2) is 3.40. The summed E-state index contributed by atoms with van der Waals surface area (Å²) in [5.74, 6) is 0. The topological polar surface area (TPSA) is 9.23 Å². The lowest BCUT2D eigenvalue weighted by Crippen LogP contribution is -2.00. The van der Waals surface area contributed by atoms with Crippen LogP contribution in [0.1, 0.15) is 0 Å². The van der Waals surface area contributed by atoms with Gasteiger partial charge in [-0.05, 0) is 67.8 Å². The molecular formula is CH3I3OSi. The standard InChI is InChI=1S/CH3I3OSi/c2-1(3,4)5-6/h6H3. The van der Waals surface area contributed by atoms with Crippen LogP contribution in [0, 0.1) is 0 Å². The summed E-state index contributed by atoms with van der Waals surface area (Å²) in [6.45, 7) is 0. The first kappa shape index (κ1) is 8.37. The molecule has 0 unspecified atom stereocenters.